The van der Waals surface area contributed by atoms with Crippen molar-refractivity contribution in [3.63, 3.8) is 0 Å². The monoisotopic (exact) mass is 486 g/mol. The van der Waals surface area contributed by atoms with E-state index in [9.17, 15) is 22.0 Å². The van der Waals surface area contributed by atoms with Crippen LogP contribution < -0.4 is 4.72 Å². The zero-order valence-corrected chi connectivity index (χ0v) is 18.5. The van der Waals surface area contributed by atoms with E-state index in [1.54, 1.807) is 5.38 Å². The molecule has 1 aromatic heterocycles. The Morgan fingerprint density at radius 2 is 1.94 bits per heavy atom. The van der Waals surface area contributed by atoms with Gasteiger partial charge in [-0.3, -0.25) is 4.72 Å². The number of benzene rings is 1. The van der Waals surface area contributed by atoms with Crippen LogP contribution in [0.5, 0.6) is 0 Å². The third kappa shape index (κ3) is 4.83. The van der Waals surface area contributed by atoms with E-state index in [-0.39, 0.29) is 23.6 Å². The quantitative estimate of drug-likeness (QED) is 0.667. The minimum Gasteiger partial charge on any atom is -0.465 e. The van der Waals surface area contributed by atoms with Crippen LogP contribution in [0.3, 0.4) is 0 Å². The van der Waals surface area contributed by atoms with Crippen molar-refractivity contribution >= 4 is 38.9 Å². The second-order valence-electron chi connectivity index (χ2n) is 7.68. The number of sulfonamides is 1. The molecule has 1 saturated heterocycles. The number of carbonyl (C=O) groups is 1. The Labute approximate surface area is 186 Å². The SMILES string of the molecule is CS(=O)(=O)Nc1cc(F)c(C2CC(c3csc(C4CCN(C(=O)O)CC4)n3)=NO2)c(F)c1. The minimum absolute atomic E-state index is 0.104. The molecule has 9 nitrogen and oxygen atoms in total. The van der Waals surface area contributed by atoms with Crippen molar-refractivity contribution in [1.82, 2.24) is 9.88 Å². The van der Waals surface area contributed by atoms with Gasteiger partial charge in [-0.2, -0.15) is 0 Å². The number of carboxylic acid groups (broad SMARTS) is 1. The van der Waals surface area contributed by atoms with Gasteiger partial charge in [0, 0.05) is 30.8 Å². The first-order chi connectivity index (χ1) is 15.1. The van der Waals surface area contributed by atoms with Gasteiger partial charge in [-0.1, -0.05) is 5.16 Å². The summed E-state index contributed by atoms with van der Waals surface area (Å²) in [4.78, 5) is 22.3. The van der Waals surface area contributed by atoms with Crippen LogP contribution in [0.25, 0.3) is 0 Å². The summed E-state index contributed by atoms with van der Waals surface area (Å²) in [7, 11) is -3.68. The van der Waals surface area contributed by atoms with E-state index in [4.69, 9.17) is 9.94 Å². The zero-order chi connectivity index (χ0) is 23.0. The van der Waals surface area contributed by atoms with E-state index in [0.717, 1.165) is 23.4 Å². The van der Waals surface area contributed by atoms with Crippen LogP contribution in [0.15, 0.2) is 22.7 Å². The summed E-state index contributed by atoms with van der Waals surface area (Å²) in [5, 5.41) is 15.7. The summed E-state index contributed by atoms with van der Waals surface area (Å²) in [6.45, 7) is 0.896. The van der Waals surface area contributed by atoms with Crippen molar-refractivity contribution in [2.45, 2.75) is 31.3 Å². The molecule has 1 amide bonds. The van der Waals surface area contributed by atoms with Gasteiger partial charge in [0.1, 0.15) is 17.3 Å². The number of aromatic nitrogens is 1. The Morgan fingerprint density at radius 3 is 2.53 bits per heavy atom. The molecule has 0 bridgehead atoms. The van der Waals surface area contributed by atoms with Gasteiger partial charge in [0.15, 0.2) is 6.10 Å². The van der Waals surface area contributed by atoms with Gasteiger partial charge in [-0.15, -0.1) is 11.3 Å². The third-order valence-corrected chi connectivity index (χ3v) is 6.92. The number of rotatable bonds is 5. The summed E-state index contributed by atoms with van der Waals surface area (Å²) in [6.07, 6.45) is 0.416. The maximum Gasteiger partial charge on any atom is 0.407 e. The lowest BCUT2D eigenvalue weighted by molar-refractivity contribution is 0.0800. The maximum atomic E-state index is 14.5. The van der Waals surface area contributed by atoms with Crippen LogP contribution in [-0.2, 0) is 14.9 Å². The van der Waals surface area contributed by atoms with Crippen LogP contribution in [0, 0.1) is 11.6 Å². The average molecular weight is 487 g/mol. The largest absolute Gasteiger partial charge is 0.465 e. The highest BCUT2D eigenvalue weighted by Crippen LogP contribution is 2.36. The number of hydrogen-bond acceptors (Lipinski definition) is 7. The first-order valence-electron chi connectivity index (χ1n) is 9.74. The molecule has 13 heteroatoms. The predicted octanol–water partition coefficient (Wildman–Crippen LogP) is 3.52. The molecule has 1 aromatic carbocycles. The van der Waals surface area contributed by atoms with Gasteiger partial charge in [-0.25, -0.2) is 27.0 Å². The van der Waals surface area contributed by atoms with Crippen LogP contribution in [0.2, 0.25) is 0 Å². The molecule has 32 heavy (non-hydrogen) atoms. The predicted molar refractivity (Wildman–Crippen MR) is 113 cm³/mol. The highest BCUT2D eigenvalue weighted by atomic mass is 32.2. The number of nitrogens with zero attached hydrogens (tertiary/aromatic N) is 3. The van der Waals surface area contributed by atoms with E-state index in [0.29, 0.717) is 37.3 Å². The number of anilines is 1. The molecule has 2 aliphatic heterocycles. The minimum atomic E-state index is -3.68. The van der Waals surface area contributed by atoms with Crippen LogP contribution in [0.4, 0.5) is 19.3 Å². The van der Waals surface area contributed by atoms with Crippen molar-refractivity contribution in [1.29, 1.82) is 0 Å². The number of nitrogens with one attached hydrogen (secondary N) is 1. The number of oxime groups is 1. The van der Waals surface area contributed by atoms with Crippen LogP contribution in [-0.4, -0.2) is 54.6 Å². The van der Waals surface area contributed by atoms with Gasteiger partial charge in [0.2, 0.25) is 10.0 Å². The molecule has 0 spiro atoms. The third-order valence-electron chi connectivity index (χ3n) is 5.31. The molecular formula is C19H20F2N4O5S2. The molecular weight excluding hydrogens is 466 g/mol. The lowest BCUT2D eigenvalue weighted by atomic mass is 9.98. The molecule has 2 aromatic rings. The van der Waals surface area contributed by atoms with E-state index in [2.05, 4.69) is 10.1 Å². The molecule has 3 heterocycles. The van der Waals surface area contributed by atoms with E-state index < -0.39 is 33.9 Å². The summed E-state index contributed by atoms with van der Waals surface area (Å²) >= 11 is 1.44. The molecule has 2 N–H and O–H groups in total. The van der Waals surface area contributed by atoms with Crippen LogP contribution in [0.1, 0.15) is 47.5 Å². The lowest BCUT2D eigenvalue weighted by Crippen LogP contribution is -2.36. The van der Waals surface area contributed by atoms with Crippen molar-refractivity contribution in [2.24, 2.45) is 5.16 Å². The summed E-state index contributed by atoms with van der Waals surface area (Å²) in [5.74, 6) is -1.74. The van der Waals surface area contributed by atoms with Gasteiger partial charge in [-0.05, 0) is 25.0 Å². The van der Waals surface area contributed by atoms with Gasteiger partial charge < -0.3 is 14.8 Å². The maximum absolute atomic E-state index is 14.5. The van der Waals surface area contributed by atoms with Gasteiger partial charge in [0.25, 0.3) is 0 Å². The molecule has 2 aliphatic rings. The highest BCUT2D eigenvalue weighted by molar-refractivity contribution is 7.92. The number of amides is 1. The average Bonchev–Trinajstić information content (AvgIpc) is 3.36. The fourth-order valence-electron chi connectivity index (χ4n) is 3.77. The number of piperidine rings is 1. The second kappa shape index (κ2) is 8.62. The first kappa shape index (κ1) is 22.4. The Morgan fingerprint density at radius 1 is 1.28 bits per heavy atom. The Hall–Kier alpha value is -2.80. The summed E-state index contributed by atoms with van der Waals surface area (Å²) in [6, 6.07) is 1.79. The lowest BCUT2D eigenvalue weighted by Gasteiger charge is -2.28. The van der Waals surface area contributed by atoms with Crippen molar-refractivity contribution in [2.75, 3.05) is 24.1 Å². The Balaban J connectivity index is 1.44. The molecule has 0 saturated carbocycles. The zero-order valence-electron chi connectivity index (χ0n) is 16.9. The first-order valence-corrected chi connectivity index (χ1v) is 12.5. The molecule has 1 unspecified atom stereocenters. The standard InChI is InChI=1S/C19H20F2N4O5S2/c1-32(28,29)24-11-6-12(20)17(13(21)7-11)16-8-14(23-30-16)15-9-31-18(22-15)10-2-4-25(5-3-10)19(26)27/h6-7,9-10,16,24H,2-5,8H2,1H3,(H,26,27). The topological polar surface area (TPSA) is 121 Å². The number of hydrogen-bond donors (Lipinski definition) is 2. The van der Waals surface area contributed by atoms with E-state index in [1.807, 2.05) is 4.72 Å². The molecule has 1 fully saturated rings. The fraction of sp³-hybridized carbons (Fsp3) is 0.421. The second-order valence-corrected chi connectivity index (χ2v) is 10.3. The normalized spacial score (nSPS) is 19.5. The number of likely N-dealkylation sites (tertiary alicyclic amines) is 1. The summed E-state index contributed by atoms with van der Waals surface area (Å²) < 4.78 is 53.7. The molecule has 1 atom stereocenters. The van der Waals surface area contributed by atoms with E-state index >= 15 is 0 Å². The van der Waals surface area contributed by atoms with E-state index in [1.165, 1.54) is 16.2 Å². The number of thiazole rings is 1. The van der Waals surface area contributed by atoms with Gasteiger partial charge in [0.05, 0.1) is 28.2 Å². The van der Waals surface area contributed by atoms with Crippen molar-refractivity contribution in [3.8, 4) is 0 Å². The highest BCUT2D eigenvalue weighted by Gasteiger charge is 2.32. The fourth-order valence-corrected chi connectivity index (χ4v) is 5.32. The Bertz CT molecular complexity index is 1150. The molecule has 4 rings (SSSR count). The van der Waals surface area contributed by atoms with Crippen LogP contribution >= 0.6 is 11.3 Å². The van der Waals surface area contributed by atoms with Crippen molar-refractivity contribution < 1.29 is 31.9 Å². The van der Waals surface area contributed by atoms with Crippen molar-refractivity contribution in [3.05, 3.63) is 45.4 Å². The summed E-state index contributed by atoms with van der Waals surface area (Å²) in [5.41, 5.74) is 0.463. The van der Waals surface area contributed by atoms with Gasteiger partial charge >= 0.3 is 6.09 Å². The molecule has 0 aliphatic carbocycles. The smallest absolute Gasteiger partial charge is 0.407 e. The molecule has 172 valence electrons. The molecule has 0 radical (unpaired) electrons. The Kier molecular flexibility index (Phi) is 6.03. The number of halogens is 2.